The topological polar surface area (TPSA) is 26.3 Å². The van der Waals surface area contributed by atoms with Crippen molar-refractivity contribution in [1.29, 1.82) is 0 Å². The van der Waals surface area contributed by atoms with Crippen molar-refractivity contribution in [2.45, 2.75) is 19.1 Å². The maximum atomic E-state index is 11.2. The molecule has 0 aliphatic heterocycles. The molecule has 0 aromatic heterocycles. The molecule has 0 N–H and O–H groups in total. The largest absolute Gasteiger partial charge is 0.466 e. The predicted octanol–water partition coefficient (Wildman–Crippen LogP) is 4.03. The van der Waals surface area contributed by atoms with Gasteiger partial charge in [-0.05, 0) is 23.3 Å². The standard InChI is InChI=1S/C16H18O2S/c1-2-18-16(17)9-10-19-12-13-7-8-14-5-3-4-6-15(14)11-13/h3-8,11H,2,9-10,12H2,1H3. The van der Waals surface area contributed by atoms with Gasteiger partial charge in [-0.3, -0.25) is 4.79 Å². The molecule has 0 unspecified atom stereocenters. The van der Waals surface area contributed by atoms with Crippen molar-refractivity contribution < 1.29 is 9.53 Å². The van der Waals surface area contributed by atoms with Gasteiger partial charge in [-0.25, -0.2) is 0 Å². The Labute approximate surface area is 118 Å². The number of esters is 1. The van der Waals surface area contributed by atoms with Gasteiger partial charge in [-0.1, -0.05) is 42.5 Å². The van der Waals surface area contributed by atoms with E-state index in [2.05, 4.69) is 42.5 Å². The Kier molecular flexibility index (Phi) is 5.28. The van der Waals surface area contributed by atoms with Crippen molar-refractivity contribution in [3.05, 3.63) is 48.0 Å². The minimum absolute atomic E-state index is 0.103. The van der Waals surface area contributed by atoms with E-state index in [0.29, 0.717) is 13.0 Å². The van der Waals surface area contributed by atoms with Gasteiger partial charge >= 0.3 is 5.97 Å². The Morgan fingerprint density at radius 1 is 1.16 bits per heavy atom. The molecule has 0 fully saturated rings. The molecule has 100 valence electrons. The fraction of sp³-hybridized carbons (Fsp3) is 0.312. The van der Waals surface area contributed by atoms with Gasteiger partial charge in [0.15, 0.2) is 0 Å². The van der Waals surface area contributed by atoms with Gasteiger partial charge in [0.25, 0.3) is 0 Å². The minimum Gasteiger partial charge on any atom is -0.466 e. The zero-order valence-corrected chi connectivity index (χ0v) is 11.9. The van der Waals surface area contributed by atoms with Crippen molar-refractivity contribution in [2.24, 2.45) is 0 Å². The summed E-state index contributed by atoms with van der Waals surface area (Å²) in [6, 6.07) is 14.9. The van der Waals surface area contributed by atoms with Crippen LogP contribution >= 0.6 is 11.8 Å². The van der Waals surface area contributed by atoms with Gasteiger partial charge in [-0.15, -0.1) is 0 Å². The SMILES string of the molecule is CCOC(=O)CCSCc1ccc2ccccc2c1. The summed E-state index contributed by atoms with van der Waals surface area (Å²) < 4.78 is 4.90. The molecule has 0 radical (unpaired) electrons. The van der Waals surface area contributed by atoms with Crippen molar-refractivity contribution in [1.82, 2.24) is 0 Å². The third kappa shape index (κ3) is 4.28. The van der Waals surface area contributed by atoms with Gasteiger partial charge in [-0.2, -0.15) is 11.8 Å². The highest BCUT2D eigenvalue weighted by Gasteiger charge is 2.02. The molecule has 0 saturated heterocycles. The molecule has 0 amide bonds. The Morgan fingerprint density at radius 2 is 1.95 bits per heavy atom. The first-order valence-corrected chi connectivity index (χ1v) is 7.66. The fourth-order valence-electron chi connectivity index (χ4n) is 1.91. The lowest BCUT2D eigenvalue weighted by Gasteiger charge is -2.04. The number of hydrogen-bond acceptors (Lipinski definition) is 3. The summed E-state index contributed by atoms with van der Waals surface area (Å²) in [5.41, 5.74) is 1.30. The van der Waals surface area contributed by atoms with Crippen LogP contribution in [-0.2, 0) is 15.3 Å². The molecule has 0 bridgehead atoms. The molecular formula is C16H18O2S. The third-order valence-corrected chi connectivity index (χ3v) is 3.87. The van der Waals surface area contributed by atoms with E-state index in [4.69, 9.17) is 4.74 Å². The summed E-state index contributed by atoms with van der Waals surface area (Å²) in [4.78, 5) is 11.2. The van der Waals surface area contributed by atoms with Crippen LogP contribution < -0.4 is 0 Å². The summed E-state index contributed by atoms with van der Waals surface area (Å²) in [6.45, 7) is 2.30. The van der Waals surface area contributed by atoms with Crippen LogP contribution in [-0.4, -0.2) is 18.3 Å². The summed E-state index contributed by atoms with van der Waals surface area (Å²) in [5.74, 6) is 1.64. The molecule has 0 aliphatic carbocycles. The molecule has 3 heteroatoms. The van der Waals surface area contributed by atoms with Crippen molar-refractivity contribution in [2.75, 3.05) is 12.4 Å². The van der Waals surface area contributed by atoms with Gasteiger partial charge in [0, 0.05) is 11.5 Å². The molecule has 0 saturated carbocycles. The van der Waals surface area contributed by atoms with E-state index in [1.54, 1.807) is 11.8 Å². The van der Waals surface area contributed by atoms with Gasteiger partial charge in [0.1, 0.15) is 0 Å². The number of benzene rings is 2. The summed E-state index contributed by atoms with van der Waals surface area (Å²) in [7, 11) is 0. The van der Waals surface area contributed by atoms with E-state index in [-0.39, 0.29) is 5.97 Å². The van der Waals surface area contributed by atoms with Crippen molar-refractivity contribution in [3.63, 3.8) is 0 Å². The highest BCUT2D eigenvalue weighted by atomic mass is 32.2. The maximum Gasteiger partial charge on any atom is 0.306 e. The number of rotatable bonds is 6. The summed E-state index contributed by atoms with van der Waals surface area (Å²) in [6.07, 6.45) is 0.492. The molecule has 2 rings (SSSR count). The number of thioether (sulfide) groups is 1. The van der Waals surface area contributed by atoms with Crippen LogP contribution in [0.15, 0.2) is 42.5 Å². The molecule has 0 aliphatic rings. The lowest BCUT2D eigenvalue weighted by Crippen LogP contribution is -2.04. The van der Waals surface area contributed by atoms with Gasteiger partial charge < -0.3 is 4.74 Å². The Hall–Kier alpha value is -1.48. The first-order chi connectivity index (χ1) is 9.29. The Morgan fingerprint density at radius 3 is 2.74 bits per heavy atom. The van der Waals surface area contributed by atoms with Gasteiger partial charge in [0.2, 0.25) is 0 Å². The smallest absolute Gasteiger partial charge is 0.306 e. The zero-order valence-electron chi connectivity index (χ0n) is 11.1. The normalized spacial score (nSPS) is 10.6. The van der Waals surface area contributed by atoms with E-state index in [9.17, 15) is 4.79 Å². The van der Waals surface area contributed by atoms with Crippen LogP contribution in [0.4, 0.5) is 0 Å². The quantitative estimate of drug-likeness (QED) is 0.587. The zero-order chi connectivity index (χ0) is 13.5. The van der Waals surface area contributed by atoms with Crippen molar-refractivity contribution >= 4 is 28.5 Å². The molecular weight excluding hydrogens is 256 g/mol. The lowest BCUT2D eigenvalue weighted by molar-refractivity contribution is -0.142. The van der Waals surface area contributed by atoms with Crippen molar-refractivity contribution in [3.8, 4) is 0 Å². The average Bonchev–Trinajstić information content (AvgIpc) is 2.44. The first kappa shape index (κ1) is 13.9. The van der Waals surface area contributed by atoms with E-state index >= 15 is 0 Å². The number of ether oxygens (including phenoxy) is 1. The molecule has 19 heavy (non-hydrogen) atoms. The highest BCUT2D eigenvalue weighted by molar-refractivity contribution is 7.98. The van der Waals surface area contributed by atoms with Crippen LogP contribution in [0.1, 0.15) is 18.9 Å². The van der Waals surface area contributed by atoms with Gasteiger partial charge in [0.05, 0.1) is 13.0 Å². The first-order valence-electron chi connectivity index (χ1n) is 6.50. The van der Waals surface area contributed by atoms with Crippen LogP contribution in [0.3, 0.4) is 0 Å². The van der Waals surface area contributed by atoms with E-state index in [1.807, 2.05) is 6.92 Å². The number of carbonyl (C=O) groups is 1. The third-order valence-electron chi connectivity index (χ3n) is 2.84. The van der Waals surface area contributed by atoms with E-state index in [0.717, 1.165) is 11.5 Å². The number of hydrogen-bond donors (Lipinski definition) is 0. The molecule has 0 atom stereocenters. The molecule has 0 heterocycles. The second-order valence-electron chi connectivity index (χ2n) is 4.29. The Bertz CT molecular complexity index is 551. The lowest BCUT2D eigenvalue weighted by atomic mass is 10.1. The highest BCUT2D eigenvalue weighted by Crippen LogP contribution is 2.19. The minimum atomic E-state index is -0.103. The molecule has 2 nitrogen and oxygen atoms in total. The predicted molar refractivity (Wildman–Crippen MR) is 81.4 cm³/mol. The second-order valence-corrected chi connectivity index (χ2v) is 5.39. The van der Waals surface area contributed by atoms with E-state index in [1.165, 1.54) is 16.3 Å². The van der Waals surface area contributed by atoms with Crippen LogP contribution in [0.2, 0.25) is 0 Å². The molecule has 2 aromatic carbocycles. The van der Waals surface area contributed by atoms with Crippen LogP contribution in [0.25, 0.3) is 10.8 Å². The second kappa shape index (κ2) is 7.19. The van der Waals surface area contributed by atoms with E-state index < -0.39 is 0 Å². The summed E-state index contributed by atoms with van der Waals surface area (Å²) >= 11 is 1.77. The maximum absolute atomic E-state index is 11.2. The number of fused-ring (bicyclic) bond motifs is 1. The monoisotopic (exact) mass is 274 g/mol. The number of carbonyl (C=O) groups excluding carboxylic acids is 1. The molecule has 0 spiro atoms. The Balaban J connectivity index is 1.83. The summed E-state index contributed by atoms with van der Waals surface area (Å²) in [5, 5.41) is 2.54. The van der Waals surface area contributed by atoms with Crippen LogP contribution in [0.5, 0.6) is 0 Å². The van der Waals surface area contributed by atoms with Crippen LogP contribution in [0, 0.1) is 0 Å². The fourth-order valence-corrected chi connectivity index (χ4v) is 2.78. The average molecular weight is 274 g/mol. The molecule has 2 aromatic rings.